The number of hydrogen-bond donors (Lipinski definition) is 1. The first-order valence-corrected chi connectivity index (χ1v) is 5.97. The second-order valence-electron chi connectivity index (χ2n) is 4.27. The summed E-state index contributed by atoms with van der Waals surface area (Å²) < 4.78 is 1.98. The molecule has 0 saturated heterocycles. The number of aromatic nitrogens is 2. The number of fused-ring (bicyclic) bond motifs is 1. The third kappa shape index (κ3) is 1.91. The largest absolute Gasteiger partial charge is 0.324 e. The molecule has 0 aliphatic rings. The summed E-state index contributed by atoms with van der Waals surface area (Å²) in [6, 6.07) is 17.5. The molecule has 0 spiro atoms. The molecule has 4 nitrogen and oxygen atoms in total. The minimum Gasteiger partial charge on any atom is -0.324 e. The summed E-state index contributed by atoms with van der Waals surface area (Å²) in [7, 11) is 1.95. The molecule has 0 unspecified atom stereocenters. The van der Waals surface area contributed by atoms with Gasteiger partial charge in [0.15, 0.2) is 0 Å². The van der Waals surface area contributed by atoms with E-state index >= 15 is 0 Å². The molecule has 0 bridgehead atoms. The first kappa shape index (κ1) is 11.3. The summed E-state index contributed by atoms with van der Waals surface area (Å²) in [4.78, 5) is 4.53. The van der Waals surface area contributed by atoms with Crippen molar-refractivity contribution in [2.45, 2.75) is 0 Å². The molecular formula is C15H12N4. The molecule has 92 valence electrons. The van der Waals surface area contributed by atoms with Crippen molar-refractivity contribution in [1.29, 1.82) is 5.26 Å². The number of nitriles is 1. The molecule has 3 aromatic rings. The van der Waals surface area contributed by atoms with E-state index in [0.717, 1.165) is 22.7 Å². The Labute approximate surface area is 110 Å². The van der Waals surface area contributed by atoms with E-state index < -0.39 is 0 Å². The first-order valence-electron chi connectivity index (χ1n) is 5.97. The molecule has 1 aromatic heterocycles. The van der Waals surface area contributed by atoms with Gasteiger partial charge < -0.3 is 9.88 Å². The molecule has 0 fully saturated rings. The minimum absolute atomic E-state index is 0.606. The van der Waals surface area contributed by atoms with Crippen LogP contribution in [0.2, 0.25) is 0 Å². The van der Waals surface area contributed by atoms with Gasteiger partial charge in [0.05, 0.1) is 22.3 Å². The summed E-state index contributed by atoms with van der Waals surface area (Å²) >= 11 is 0. The molecule has 0 radical (unpaired) electrons. The normalized spacial score (nSPS) is 10.3. The lowest BCUT2D eigenvalue weighted by molar-refractivity contribution is 0.958. The van der Waals surface area contributed by atoms with Gasteiger partial charge in [0.25, 0.3) is 0 Å². The maximum absolute atomic E-state index is 9.09. The van der Waals surface area contributed by atoms with Crippen molar-refractivity contribution in [1.82, 2.24) is 9.55 Å². The van der Waals surface area contributed by atoms with Crippen LogP contribution in [0, 0.1) is 11.3 Å². The number of imidazole rings is 1. The van der Waals surface area contributed by atoms with Crippen LogP contribution < -0.4 is 5.32 Å². The van der Waals surface area contributed by atoms with Crippen molar-refractivity contribution in [2.24, 2.45) is 7.05 Å². The van der Waals surface area contributed by atoms with Gasteiger partial charge in [-0.05, 0) is 24.3 Å². The van der Waals surface area contributed by atoms with Crippen LogP contribution in [0.4, 0.5) is 11.6 Å². The molecule has 0 amide bonds. The van der Waals surface area contributed by atoms with Crippen molar-refractivity contribution >= 4 is 22.7 Å². The minimum atomic E-state index is 0.606. The van der Waals surface area contributed by atoms with Gasteiger partial charge in [0, 0.05) is 7.05 Å². The van der Waals surface area contributed by atoms with Crippen molar-refractivity contribution in [3.63, 3.8) is 0 Å². The van der Waals surface area contributed by atoms with E-state index in [9.17, 15) is 0 Å². The molecule has 3 rings (SSSR count). The van der Waals surface area contributed by atoms with E-state index in [1.165, 1.54) is 0 Å². The Morgan fingerprint density at radius 2 is 1.84 bits per heavy atom. The van der Waals surface area contributed by atoms with Crippen molar-refractivity contribution < 1.29 is 0 Å². The lowest BCUT2D eigenvalue weighted by Gasteiger charge is -2.07. The van der Waals surface area contributed by atoms with Gasteiger partial charge in [-0.1, -0.05) is 24.3 Å². The molecule has 0 aliphatic heterocycles. The fraction of sp³-hybridized carbons (Fsp3) is 0.0667. The summed E-state index contributed by atoms with van der Waals surface area (Å²) in [5, 5.41) is 12.3. The van der Waals surface area contributed by atoms with Crippen molar-refractivity contribution in [3.8, 4) is 6.07 Å². The van der Waals surface area contributed by atoms with Gasteiger partial charge in [0.1, 0.15) is 6.07 Å². The molecular weight excluding hydrogens is 236 g/mol. The van der Waals surface area contributed by atoms with Crippen molar-refractivity contribution in [2.75, 3.05) is 5.32 Å². The number of nitrogens with one attached hydrogen (secondary N) is 1. The van der Waals surface area contributed by atoms with Crippen LogP contribution in [0.1, 0.15) is 5.56 Å². The first-order chi connectivity index (χ1) is 9.29. The lowest BCUT2D eigenvalue weighted by atomic mass is 10.2. The number of para-hydroxylation sites is 3. The number of benzene rings is 2. The fourth-order valence-corrected chi connectivity index (χ4v) is 2.07. The van der Waals surface area contributed by atoms with E-state index in [4.69, 9.17) is 5.26 Å². The van der Waals surface area contributed by atoms with Gasteiger partial charge >= 0.3 is 0 Å². The monoisotopic (exact) mass is 248 g/mol. The summed E-state index contributed by atoms with van der Waals surface area (Å²) in [6.07, 6.45) is 0. The smallest absolute Gasteiger partial charge is 0.208 e. The number of nitrogens with zero attached hydrogens (tertiary/aromatic N) is 3. The van der Waals surface area contributed by atoms with Crippen LogP contribution in [-0.2, 0) is 7.05 Å². The zero-order valence-electron chi connectivity index (χ0n) is 10.5. The zero-order chi connectivity index (χ0) is 13.2. The van der Waals surface area contributed by atoms with Crippen LogP contribution in [0.25, 0.3) is 11.0 Å². The number of anilines is 2. The predicted molar refractivity (Wildman–Crippen MR) is 75.2 cm³/mol. The number of aryl methyl sites for hydroxylation is 1. The van der Waals surface area contributed by atoms with E-state index in [1.54, 1.807) is 6.07 Å². The highest BCUT2D eigenvalue weighted by molar-refractivity contribution is 5.80. The topological polar surface area (TPSA) is 53.6 Å². The second kappa shape index (κ2) is 4.46. The maximum atomic E-state index is 9.09. The zero-order valence-corrected chi connectivity index (χ0v) is 10.5. The highest BCUT2D eigenvalue weighted by Gasteiger charge is 2.08. The highest BCUT2D eigenvalue weighted by atomic mass is 15.2. The lowest BCUT2D eigenvalue weighted by Crippen LogP contribution is -2.00. The quantitative estimate of drug-likeness (QED) is 0.757. The van der Waals surface area contributed by atoms with Crippen molar-refractivity contribution in [3.05, 3.63) is 54.1 Å². The molecule has 19 heavy (non-hydrogen) atoms. The third-order valence-corrected chi connectivity index (χ3v) is 3.08. The van der Waals surface area contributed by atoms with Crippen LogP contribution in [0.5, 0.6) is 0 Å². The molecule has 0 atom stereocenters. The van der Waals surface area contributed by atoms with Gasteiger partial charge in [-0.2, -0.15) is 5.26 Å². The van der Waals surface area contributed by atoms with E-state index in [2.05, 4.69) is 16.4 Å². The molecule has 1 N–H and O–H groups in total. The average Bonchev–Trinajstić information content (AvgIpc) is 2.77. The highest BCUT2D eigenvalue weighted by Crippen LogP contribution is 2.23. The third-order valence-electron chi connectivity index (χ3n) is 3.08. The SMILES string of the molecule is Cn1c(Nc2ccccc2C#N)nc2ccccc21. The number of rotatable bonds is 2. The van der Waals surface area contributed by atoms with Crippen LogP contribution in [-0.4, -0.2) is 9.55 Å². The maximum Gasteiger partial charge on any atom is 0.208 e. The molecule has 0 aliphatic carbocycles. The van der Waals surface area contributed by atoms with Gasteiger partial charge in [-0.15, -0.1) is 0 Å². The van der Waals surface area contributed by atoms with Gasteiger partial charge in [-0.3, -0.25) is 0 Å². The van der Waals surface area contributed by atoms with E-state index in [0.29, 0.717) is 5.56 Å². The summed E-state index contributed by atoms with van der Waals surface area (Å²) in [5.74, 6) is 0.726. The van der Waals surface area contributed by atoms with E-state index in [1.807, 2.05) is 54.1 Å². The number of hydrogen-bond acceptors (Lipinski definition) is 3. The Balaban J connectivity index is 2.07. The Morgan fingerprint density at radius 3 is 2.63 bits per heavy atom. The molecule has 0 saturated carbocycles. The molecule has 4 heteroatoms. The van der Waals surface area contributed by atoms with Gasteiger partial charge in [-0.25, -0.2) is 4.98 Å². The summed E-state index contributed by atoms with van der Waals surface area (Å²) in [5.41, 5.74) is 3.36. The van der Waals surface area contributed by atoms with Gasteiger partial charge in [0.2, 0.25) is 5.95 Å². The van der Waals surface area contributed by atoms with Crippen LogP contribution in [0.15, 0.2) is 48.5 Å². The average molecular weight is 248 g/mol. The summed E-state index contributed by atoms with van der Waals surface area (Å²) in [6.45, 7) is 0. The van der Waals surface area contributed by atoms with Crippen LogP contribution in [0.3, 0.4) is 0 Å². The standard InChI is InChI=1S/C15H12N4/c1-19-14-9-5-4-8-13(14)18-15(19)17-12-7-3-2-6-11(12)10-16/h2-9H,1H3,(H,17,18). The molecule has 2 aromatic carbocycles. The Hall–Kier alpha value is -2.80. The second-order valence-corrected chi connectivity index (χ2v) is 4.27. The Bertz CT molecular complexity index is 780. The fourth-order valence-electron chi connectivity index (χ4n) is 2.07. The predicted octanol–water partition coefficient (Wildman–Crippen LogP) is 3.19. The Morgan fingerprint density at radius 1 is 1.11 bits per heavy atom. The molecule has 1 heterocycles. The van der Waals surface area contributed by atoms with E-state index in [-0.39, 0.29) is 0 Å². The van der Waals surface area contributed by atoms with Crippen LogP contribution >= 0.6 is 0 Å². The Kier molecular flexibility index (Phi) is 2.66.